The van der Waals surface area contributed by atoms with Crippen molar-refractivity contribution in [2.24, 2.45) is 10.7 Å². The second kappa shape index (κ2) is 6.69. The number of aromatic hydroxyl groups is 1. The molecule has 2 aromatic carbocycles. The molecule has 120 valence electrons. The first kappa shape index (κ1) is 15.3. The average Bonchev–Trinajstić information content (AvgIpc) is 2.56. The second-order valence-corrected chi connectivity index (χ2v) is 5.76. The number of halogens is 1. The van der Waals surface area contributed by atoms with Gasteiger partial charge in [0.1, 0.15) is 0 Å². The van der Waals surface area contributed by atoms with Crippen molar-refractivity contribution in [3.05, 3.63) is 58.9 Å². The molecular weight excluding hydrogens is 293 g/mol. The lowest BCUT2D eigenvalue weighted by Crippen LogP contribution is -2.24. The van der Waals surface area contributed by atoms with E-state index in [1.165, 1.54) is 36.1 Å². The number of nitrogens with two attached hydrogens (primary N) is 1. The number of guanidine groups is 1. The van der Waals surface area contributed by atoms with E-state index in [1.54, 1.807) is 6.07 Å². The van der Waals surface area contributed by atoms with E-state index in [1.807, 2.05) is 12.1 Å². The lowest BCUT2D eigenvalue weighted by atomic mass is 9.90. The minimum Gasteiger partial charge on any atom is -0.505 e. The fourth-order valence-electron chi connectivity index (χ4n) is 2.90. The van der Waals surface area contributed by atoms with Crippen LogP contribution in [0.15, 0.2) is 41.4 Å². The third-order valence-electron chi connectivity index (χ3n) is 4.10. The molecule has 0 amide bonds. The van der Waals surface area contributed by atoms with E-state index in [0.717, 1.165) is 18.5 Å². The summed E-state index contributed by atoms with van der Waals surface area (Å²) in [6, 6.07) is 10.4. The van der Waals surface area contributed by atoms with E-state index < -0.39 is 5.82 Å². The zero-order valence-electron chi connectivity index (χ0n) is 12.8. The quantitative estimate of drug-likeness (QED) is 0.601. The highest BCUT2D eigenvalue weighted by atomic mass is 19.1. The Kier molecular flexibility index (Phi) is 4.46. The Morgan fingerprint density at radius 1 is 1.22 bits per heavy atom. The number of aliphatic imine (C=N–C) groups is 1. The fourth-order valence-corrected chi connectivity index (χ4v) is 2.90. The highest BCUT2D eigenvalue weighted by Gasteiger charge is 2.13. The summed E-state index contributed by atoms with van der Waals surface area (Å²) in [6.45, 7) is 0.255. The van der Waals surface area contributed by atoms with Gasteiger partial charge in [-0.15, -0.1) is 0 Å². The summed E-state index contributed by atoms with van der Waals surface area (Å²) in [5.74, 6) is -0.710. The minimum atomic E-state index is -0.652. The van der Waals surface area contributed by atoms with Gasteiger partial charge in [0.2, 0.25) is 0 Å². The first-order chi connectivity index (χ1) is 11.1. The molecule has 0 saturated heterocycles. The Hall–Kier alpha value is -2.56. The van der Waals surface area contributed by atoms with E-state index in [0.29, 0.717) is 11.5 Å². The Labute approximate surface area is 134 Å². The third kappa shape index (κ3) is 3.62. The SMILES string of the molecule is NC(=NCc1ccc(O)c(F)c1)Nc1cccc2c1CCCC2. The molecule has 5 heteroatoms. The maximum absolute atomic E-state index is 13.3. The van der Waals surface area contributed by atoms with Crippen molar-refractivity contribution >= 4 is 11.6 Å². The largest absolute Gasteiger partial charge is 0.505 e. The Balaban J connectivity index is 1.71. The number of phenols is 1. The number of fused-ring (bicyclic) bond motifs is 1. The van der Waals surface area contributed by atoms with Gasteiger partial charge in [0.15, 0.2) is 17.5 Å². The van der Waals surface area contributed by atoms with Gasteiger partial charge in [0.25, 0.3) is 0 Å². The number of nitrogens with zero attached hydrogens (tertiary/aromatic N) is 1. The molecule has 0 saturated carbocycles. The van der Waals surface area contributed by atoms with Gasteiger partial charge >= 0.3 is 0 Å². The van der Waals surface area contributed by atoms with Gasteiger partial charge in [-0.25, -0.2) is 9.38 Å². The summed E-state index contributed by atoms with van der Waals surface area (Å²) >= 11 is 0. The number of nitrogens with one attached hydrogen (secondary N) is 1. The highest BCUT2D eigenvalue weighted by Crippen LogP contribution is 2.27. The number of aryl methyl sites for hydroxylation is 1. The first-order valence-corrected chi connectivity index (χ1v) is 7.78. The molecule has 23 heavy (non-hydrogen) atoms. The second-order valence-electron chi connectivity index (χ2n) is 5.76. The maximum atomic E-state index is 13.3. The molecule has 0 atom stereocenters. The van der Waals surface area contributed by atoms with Gasteiger partial charge in [-0.05, 0) is 60.6 Å². The molecule has 2 aromatic rings. The van der Waals surface area contributed by atoms with Crippen LogP contribution >= 0.6 is 0 Å². The van der Waals surface area contributed by atoms with Crippen LogP contribution in [0.5, 0.6) is 5.75 Å². The van der Waals surface area contributed by atoms with E-state index >= 15 is 0 Å². The van der Waals surface area contributed by atoms with Crippen molar-refractivity contribution < 1.29 is 9.50 Å². The molecular formula is C18H20FN3O. The first-order valence-electron chi connectivity index (χ1n) is 7.78. The van der Waals surface area contributed by atoms with Crippen LogP contribution in [0, 0.1) is 5.82 Å². The Morgan fingerprint density at radius 2 is 2.04 bits per heavy atom. The van der Waals surface area contributed by atoms with Crippen LogP contribution in [0.2, 0.25) is 0 Å². The van der Waals surface area contributed by atoms with Crippen molar-refractivity contribution in [1.29, 1.82) is 0 Å². The number of anilines is 1. The zero-order chi connectivity index (χ0) is 16.2. The van der Waals surface area contributed by atoms with E-state index in [9.17, 15) is 9.50 Å². The number of hydrogen-bond acceptors (Lipinski definition) is 2. The lowest BCUT2D eigenvalue weighted by Gasteiger charge is -2.19. The fraction of sp³-hybridized carbons (Fsp3) is 0.278. The van der Waals surface area contributed by atoms with Crippen LogP contribution in [0.25, 0.3) is 0 Å². The van der Waals surface area contributed by atoms with Crippen molar-refractivity contribution in [2.75, 3.05) is 5.32 Å². The van der Waals surface area contributed by atoms with Crippen molar-refractivity contribution in [3.8, 4) is 5.75 Å². The zero-order valence-corrected chi connectivity index (χ0v) is 12.8. The molecule has 4 N–H and O–H groups in total. The summed E-state index contributed by atoms with van der Waals surface area (Å²) in [7, 11) is 0. The van der Waals surface area contributed by atoms with Gasteiger partial charge in [-0.3, -0.25) is 0 Å². The van der Waals surface area contributed by atoms with Crippen LogP contribution < -0.4 is 11.1 Å². The van der Waals surface area contributed by atoms with Gasteiger partial charge in [0.05, 0.1) is 6.54 Å². The lowest BCUT2D eigenvalue weighted by molar-refractivity contribution is 0.432. The van der Waals surface area contributed by atoms with Crippen LogP contribution in [0.3, 0.4) is 0 Å². The number of phenolic OH excluding ortho intramolecular Hbond substituents is 1. The van der Waals surface area contributed by atoms with Gasteiger partial charge in [-0.2, -0.15) is 0 Å². The average molecular weight is 313 g/mol. The van der Waals surface area contributed by atoms with Gasteiger partial charge in [-0.1, -0.05) is 18.2 Å². The number of rotatable bonds is 3. The van der Waals surface area contributed by atoms with E-state index in [4.69, 9.17) is 5.73 Å². The highest BCUT2D eigenvalue weighted by molar-refractivity contribution is 5.93. The Bertz CT molecular complexity index is 743. The smallest absolute Gasteiger partial charge is 0.193 e. The van der Waals surface area contributed by atoms with Crippen molar-refractivity contribution in [1.82, 2.24) is 0 Å². The molecule has 0 heterocycles. The summed E-state index contributed by atoms with van der Waals surface area (Å²) in [5.41, 5.74) is 10.3. The monoisotopic (exact) mass is 313 g/mol. The molecule has 4 nitrogen and oxygen atoms in total. The normalized spacial score (nSPS) is 14.4. The molecule has 0 aromatic heterocycles. The third-order valence-corrected chi connectivity index (χ3v) is 4.10. The van der Waals surface area contributed by atoms with Gasteiger partial charge < -0.3 is 16.2 Å². The minimum absolute atomic E-state index is 0.255. The van der Waals surface area contributed by atoms with Crippen LogP contribution in [-0.2, 0) is 19.4 Å². The standard InChI is InChI=1S/C18H20FN3O/c19-15-10-12(8-9-17(15)23)11-21-18(20)22-16-7-3-5-13-4-1-2-6-14(13)16/h3,5,7-10,23H,1-2,4,6,11H2,(H3,20,21,22). The summed E-state index contributed by atoms with van der Waals surface area (Å²) in [4.78, 5) is 4.24. The van der Waals surface area contributed by atoms with Crippen LogP contribution in [0.4, 0.5) is 10.1 Å². The van der Waals surface area contributed by atoms with E-state index in [2.05, 4.69) is 16.4 Å². The summed E-state index contributed by atoms with van der Waals surface area (Å²) < 4.78 is 13.3. The maximum Gasteiger partial charge on any atom is 0.193 e. The topological polar surface area (TPSA) is 70.6 Å². The molecule has 3 rings (SSSR count). The Morgan fingerprint density at radius 3 is 2.87 bits per heavy atom. The van der Waals surface area contributed by atoms with Gasteiger partial charge in [0, 0.05) is 5.69 Å². The predicted molar refractivity (Wildman–Crippen MR) is 90.1 cm³/mol. The summed E-state index contributed by atoms with van der Waals surface area (Å²) in [6.07, 6.45) is 4.58. The van der Waals surface area contributed by atoms with Crippen LogP contribution in [0.1, 0.15) is 29.5 Å². The van der Waals surface area contributed by atoms with E-state index in [-0.39, 0.29) is 12.3 Å². The molecule has 0 spiro atoms. The number of hydrogen-bond donors (Lipinski definition) is 3. The molecule has 1 aliphatic carbocycles. The predicted octanol–water partition coefficient (Wildman–Crippen LogP) is 3.34. The molecule has 0 fully saturated rings. The van der Waals surface area contributed by atoms with Crippen LogP contribution in [-0.4, -0.2) is 11.1 Å². The van der Waals surface area contributed by atoms with Crippen molar-refractivity contribution in [2.45, 2.75) is 32.2 Å². The molecule has 1 aliphatic rings. The molecule has 0 radical (unpaired) electrons. The molecule has 0 bridgehead atoms. The van der Waals surface area contributed by atoms with Crippen molar-refractivity contribution in [3.63, 3.8) is 0 Å². The molecule has 0 aliphatic heterocycles. The number of benzene rings is 2. The molecule has 0 unspecified atom stereocenters. The summed E-state index contributed by atoms with van der Waals surface area (Å²) in [5, 5.41) is 12.3.